The summed E-state index contributed by atoms with van der Waals surface area (Å²) < 4.78 is 11.2. The monoisotopic (exact) mass is 387 g/mol. The van der Waals surface area contributed by atoms with Crippen LogP contribution in [0.25, 0.3) is 10.2 Å². The highest BCUT2D eigenvalue weighted by Crippen LogP contribution is 2.27. The first-order valence-electron chi connectivity index (χ1n) is 8.05. The molecule has 3 rings (SSSR count). The summed E-state index contributed by atoms with van der Waals surface area (Å²) in [5.74, 6) is -0.161. The van der Waals surface area contributed by atoms with Gasteiger partial charge in [0.2, 0.25) is 0 Å². The highest BCUT2D eigenvalue weighted by molar-refractivity contribution is 7.20. The Labute approximate surface area is 158 Å². The summed E-state index contributed by atoms with van der Waals surface area (Å²) in [6, 6.07) is 4.69. The van der Waals surface area contributed by atoms with Crippen LogP contribution in [0.15, 0.2) is 34.4 Å². The third-order valence-electron chi connectivity index (χ3n) is 3.83. The van der Waals surface area contributed by atoms with Gasteiger partial charge in [-0.3, -0.25) is 4.79 Å². The summed E-state index contributed by atoms with van der Waals surface area (Å²) in [4.78, 5) is 29.8. The Morgan fingerprint density at radius 3 is 2.93 bits per heavy atom. The standard InChI is InChI=1S/C18H17N3O5S/c1-4-26-18(24)15-10(2)14-16(27-15)19-9-21(17(14)23)20-8-11-5-6-12(22)13(7-11)25-3/h5-9,22H,4H2,1-3H3/b20-8-. The molecule has 0 fully saturated rings. The second-order valence-corrected chi connectivity index (χ2v) is 6.53. The van der Waals surface area contributed by atoms with Crippen molar-refractivity contribution in [1.82, 2.24) is 9.66 Å². The van der Waals surface area contributed by atoms with Crippen LogP contribution < -0.4 is 10.3 Å². The molecule has 2 heterocycles. The van der Waals surface area contributed by atoms with Crippen LogP contribution >= 0.6 is 11.3 Å². The number of aryl methyl sites for hydroxylation is 1. The van der Waals surface area contributed by atoms with Crippen molar-refractivity contribution in [3.8, 4) is 11.5 Å². The molecule has 0 unspecified atom stereocenters. The molecule has 0 spiro atoms. The van der Waals surface area contributed by atoms with Gasteiger partial charge in [0, 0.05) is 0 Å². The number of aromatic hydroxyl groups is 1. The number of phenols is 1. The summed E-state index contributed by atoms with van der Waals surface area (Å²) in [5.41, 5.74) is 0.777. The number of hydrogen-bond donors (Lipinski definition) is 1. The Bertz CT molecular complexity index is 1100. The van der Waals surface area contributed by atoms with Gasteiger partial charge in [0.25, 0.3) is 5.56 Å². The smallest absolute Gasteiger partial charge is 0.348 e. The number of carbonyl (C=O) groups excluding carboxylic acids is 1. The molecule has 0 bridgehead atoms. The molecule has 0 atom stereocenters. The number of esters is 1. The summed E-state index contributed by atoms with van der Waals surface area (Å²) in [6.45, 7) is 3.66. The highest BCUT2D eigenvalue weighted by atomic mass is 32.1. The van der Waals surface area contributed by atoms with E-state index >= 15 is 0 Å². The van der Waals surface area contributed by atoms with E-state index in [4.69, 9.17) is 9.47 Å². The number of ether oxygens (including phenoxy) is 2. The molecule has 0 radical (unpaired) electrons. The molecular weight excluding hydrogens is 370 g/mol. The van der Waals surface area contributed by atoms with E-state index in [0.29, 0.717) is 32.0 Å². The van der Waals surface area contributed by atoms with Crippen LogP contribution in [0.3, 0.4) is 0 Å². The normalized spacial score (nSPS) is 11.2. The number of methoxy groups -OCH3 is 1. The average Bonchev–Trinajstić information content (AvgIpc) is 3.00. The van der Waals surface area contributed by atoms with E-state index < -0.39 is 5.97 Å². The quantitative estimate of drug-likeness (QED) is 0.533. The zero-order valence-corrected chi connectivity index (χ0v) is 15.7. The molecule has 0 aliphatic rings. The van der Waals surface area contributed by atoms with Gasteiger partial charge in [0.1, 0.15) is 16.0 Å². The van der Waals surface area contributed by atoms with E-state index in [1.807, 2.05) is 0 Å². The van der Waals surface area contributed by atoms with Gasteiger partial charge in [0.15, 0.2) is 11.5 Å². The Morgan fingerprint density at radius 1 is 1.44 bits per heavy atom. The van der Waals surface area contributed by atoms with E-state index in [-0.39, 0.29) is 17.9 Å². The number of fused-ring (bicyclic) bond motifs is 1. The van der Waals surface area contributed by atoms with Crippen LogP contribution in [0.2, 0.25) is 0 Å². The third kappa shape index (κ3) is 3.54. The number of thiophene rings is 1. The molecule has 27 heavy (non-hydrogen) atoms. The minimum Gasteiger partial charge on any atom is -0.504 e. The van der Waals surface area contributed by atoms with Crippen molar-refractivity contribution in [3.05, 3.63) is 50.9 Å². The SMILES string of the molecule is CCOC(=O)c1sc2ncn(/N=C\c3ccc(O)c(OC)c3)c(=O)c2c1C. The number of aromatic nitrogens is 2. The fraction of sp³-hybridized carbons (Fsp3) is 0.222. The molecule has 0 saturated heterocycles. The lowest BCUT2D eigenvalue weighted by Crippen LogP contribution is -2.17. The molecule has 0 aliphatic heterocycles. The molecular formula is C18H17N3O5S. The number of carbonyl (C=O) groups is 1. The fourth-order valence-corrected chi connectivity index (χ4v) is 3.53. The Morgan fingerprint density at radius 2 is 2.22 bits per heavy atom. The van der Waals surface area contributed by atoms with Gasteiger partial charge in [-0.25, -0.2) is 9.78 Å². The van der Waals surface area contributed by atoms with Crippen molar-refractivity contribution in [3.63, 3.8) is 0 Å². The lowest BCUT2D eigenvalue weighted by molar-refractivity contribution is 0.0531. The first kappa shape index (κ1) is 18.6. The molecule has 0 amide bonds. The lowest BCUT2D eigenvalue weighted by Gasteiger charge is -2.03. The van der Waals surface area contributed by atoms with Gasteiger partial charge in [0.05, 0.1) is 25.3 Å². The Kier molecular flexibility index (Phi) is 5.22. The second-order valence-electron chi connectivity index (χ2n) is 5.53. The van der Waals surface area contributed by atoms with E-state index in [2.05, 4.69) is 10.1 Å². The number of rotatable bonds is 5. The second kappa shape index (κ2) is 7.58. The van der Waals surface area contributed by atoms with Crippen molar-refractivity contribution in [2.45, 2.75) is 13.8 Å². The first-order valence-corrected chi connectivity index (χ1v) is 8.87. The first-order chi connectivity index (χ1) is 13.0. The zero-order chi connectivity index (χ0) is 19.6. The molecule has 0 aliphatic carbocycles. The summed E-state index contributed by atoms with van der Waals surface area (Å²) in [5, 5.41) is 14.1. The minimum absolute atomic E-state index is 0.00953. The van der Waals surface area contributed by atoms with Crippen molar-refractivity contribution in [1.29, 1.82) is 0 Å². The molecule has 1 aromatic carbocycles. The van der Waals surface area contributed by atoms with E-state index in [1.165, 1.54) is 25.7 Å². The fourth-order valence-electron chi connectivity index (χ4n) is 2.49. The van der Waals surface area contributed by atoms with Crippen molar-refractivity contribution >= 4 is 33.7 Å². The maximum Gasteiger partial charge on any atom is 0.348 e. The summed E-state index contributed by atoms with van der Waals surface area (Å²) >= 11 is 1.12. The maximum absolute atomic E-state index is 12.7. The van der Waals surface area contributed by atoms with Crippen molar-refractivity contribution in [2.24, 2.45) is 5.10 Å². The van der Waals surface area contributed by atoms with Crippen LogP contribution in [0.5, 0.6) is 11.5 Å². The van der Waals surface area contributed by atoms with E-state index in [0.717, 1.165) is 16.0 Å². The number of hydrogen-bond acceptors (Lipinski definition) is 8. The zero-order valence-electron chi connectivity index (χ0n) is 14.9. The molecule has 1 N–H and O–H groups in total. The number of benzene rings is 1. The summed E-state index contributed by atoms with van der Waals surface area (Å²) in [6.07, 6.45) is 2.74. The van der Waals surface area contributed by atoms with Crippen LogP contribution in [0, 0.1) is 6.92 Å². The molecule has 2 aromatic heterocycles. The molecule has 3 aromatic rings. The summed E-state index contributed by atoms with van der Waals surface area (Å²) in [7, 11) is 1.44. The molecule has 8 nitrogen and oxygen atoms in total. The van der Waals surface area contributed by atoms with E-state index in [9.17, 15) is 14.7 Å². The van der Waals surface area contributed by atoms with Gasteiger partial charge >= 0.3 is 5.97 Å². The number of phenolic OH excluding ortho intramolecular Hbond substituents is 1. The lowest BCUT2D eigenvalue weighted by atomic mass is 10.2. The van der Waals surface area contributed by atoms with Crippen LogP contribution in [0.1, 0.15) is 27.7 Å². The van der Waals surface area contributed by atoms with Crippen LogP contribution in [-0.4, -0.2) is 40.7 Å². The minimum atomic E-state index is -0.469. The molecule has 140 valence electrons. The topological polar surface area (TPSA) is 103 Å². The van der Waals surface area contributed by atoms with Gasteiger partial charge in [-0.2, -0.15) is 9.78 Å². The van der Waals surface area contributed by atoms with Crippen LogP contribution in [0.4, 0.5) is 0 Å². The number of nitrogens with zero attached hydrogens (tertiary/aromatic N) is 3. The van der Waals surface area contributed by atoms with Gasteiger partial charge < -0.3 is 14.6 Å². The van der Waals surface area contributed by atoms with Gasteiger partial charge in [-0.15, -0.1) is 11.3 Å². The predicted molar refractivity (Wildman–Crippen MR) is 102 cm³/mol. The third-order valence-corrected chi connectivity index (χ3v) is 5.01. The maximum atomic E-state index is 12.7. The average molecular weight is 387 g/mol. The van der Waals surface area contributed by atoms with Gasteiger partial charge in [-0.05, 0) is 43.2 Å². The largest absolute Gasteiger partial charge is 0.504 e. The highest BCUT2D eigenvalue weighted by Gasteiger charge is 2.20. The predicted octanol–water partition coefficient (Wildman–Crippen LogP) is 2.54. The Balaban J connectivity index is 2.01. The van der Waals surface area contributed by atoms with E-state index in [1.54, 1.807) is 26.0 Å². The molecule has 0 saturated carbocycles. The van der Waals surface area contributed by atoms with Crippen molar-refractivity contribution in [2.75, 3.05) is 13.7 Å². The van der Waals surface area contributed by atoms with Crippen molar-refractivity contribution < 1.29 is 19.4 Å². The Hall–Kier alpha value is -3.20. The molecule has 9 heteroatoms. The van der Waals surface area contributed by atoms with Crippen LogP contribution in [-0.2, 0) is 4.74 Å². The van der Waals surface area contributed by atoms with Gasteiger partial charge in [-0.1, -0.05) is 0 Å².